The third kappa shape index (κ3) is 2.57. The first-order valence-corrected chi connectivity index (χ1v) is 14.0. The van der Waals surface area contributed by atoms with Gasteiger partial charge in [-0.15, -0.1) is 16.5 Å². The Kier molecular flexibility index (Phi) is 3.94. The minimum Gasteiger partial charge on any atom is -0.394 e. The van der Waals surface area contributed by atoms with Crippen LogP contribution in [0.15, 0.2) is 115 Å². The minimum absolute atomic E-state index is 0.145. The second kappa shape index (κ2) is 7.60. The van der Waals surface area contributed by atoms with E-state index in [4.69, 9.17) is 11.6 Å². The Bertz CT molecular complexity index is 2810. The molecule has 0 aliphatic carbocycles. The van der Waals surface area contributed by atoms with Crippen molar-refractivity contribution in [1.29, 1.82) is 0 Å². The molecular formula is C37H19N5. The molecule has 0 bridgehead atoms. The van der Waals surface area contributed by atoms with Gasteiger partial charge in [-0.3, -0.25) is 4.57 Å². The number of fused-ring (bicyclic) bond motifs is 12. The van der Waals surface area contributed by atoms with Gasteiger partial charge < -0.3 is 9.25 Å². The average Bonchev–Trinajstić information content (AvgIpc) is 3.67. The molecule has 10 rings (SSSR count). The lowest BCUT2D eigenvalue weighted by atomic mass is 10.0. The van der Waals surface area contributed by atoms with Gasteiger partial charge in [-0.1, -0.05) is 72.8 Å². The van der Waals surface area contributed by atoms with Crippen LogP contribution in [0, 0.1) is 6.57 Å². The third-order valence-corrected chi connectivity index (χ3v) is 8.85. The van der Waals surface area contributed by atoms with Crippen LogP contribution in [0.1, 0.15) is 0 Å². The van der Waals surface area contributed by atoms with Crippen molar-refractivity contribution < 1.29 is 0 Å². The lowest BCUT2D eigenvalue weighted by molar-refractivity contribution is 1.09. The van der Waals surface area contributed by atoms with Crippen LogP contribution in [-0.2, 0) is 0 Å². The highest BCUT2D eigenvalue weighted by atomic mass is 15.1. The number of para-hydroxylation sites is 3. The summed E-state index contributed by atoms with van der Waals surface area (Å²) in [4.78, 5) is 13.1. The molecule has 0 fully saturated rings. The van der Waals surface area contributed by atoms with Crippen LogP contribution in [0.2, 0.25) is 0 Å². The van der Waals surface area contributed by atoms with Gasteiger partial charge in [0, 0.05) is 32.3 Å². The smallest absolute Gasteiger partial charge is 0.374 e. The molecule has 0 saturated heterocycles. The molecule has 0 N–H and O–H groups in total. The lowest BCUT2D eigenvalue weighted by Crippen LogP contribution is -2.00. The molecule has 5 nitrogen and oxygen atoms in total. The van der Waals surface area contributed by atoms with E-state index in [1.165, 1.54) is 54.3 Å². The van der Waals surface area contributed by atoms with E-state index in [-0.39, 0.29) is 5.95 Å². The van der Waals surface area contributed by atoms with Crippen LogP contribution in [0.3, 0.4) is 0 Å². The maximum atomic E-state index is 7.79. The van der Waals surface area contributed by atoms with Crippen molar-refractivity contribution >= 4 is 87.5 Å². The van der Waals surface area contributed by atoms with Crippen molar-refractivity contribution in [2.75, 3.05) is 0 Å². The monoisotopic (exact) mass is 533 g/mol. The summed E-state index contributed by atoms with van der Waals surface area (Å²) in [5, 5.41) is 10.5. The Balaban J connectivity index is 1.56. The molecule has 192 valence electrons. The SMILES string of the molecule is [C-]#[N+]c1nc(-n2c3cc4ccccc4cc3c3c4c5ccccc5n5c6ccccc6c(cc32)c45)c2ccccc2n1. The Hall–Kier alpha value is -5.99. The summed E-state index contributed by atoms with van der Waals surface area (Å²) in [6, 6.07) is 40.8. The van der Waals surface area contributed by atoms with Crippen LogP contribution in [0.5, 0.6) is 0 Å². The van der Waals surface area contributed by atoms with E-state index in [1.54, 1.807) is 0 Å². The van der Waals surface area contributed by atoms with E-state index < -0.39 is 0 Å². The van der Waals surface area contributed by atoms with Crippen molar-refractivity contribution in [2.24, 2.45) is 0 Å². The van der Waals surface area contributed by atoms with Crippen molar-refractivity contribution in [2.45, 2.75) is 0 Å². The topological polar surface area (TPSA) is 39.5 Å². The van der Waals surface area contributed by atoms with E-state index in [0.717, 1.165) is 33.1 Å². The largest absolute Gasteiger partial charge is 0.394 e. The molecule has 0 amide bonds. The van der Waals surface area contributed by atoms with Gasteiger partial charge in [0.05, 0.1) is 33.0 Å². The molecule has 10 aromatic rings. The normalized spacial score (nSPS) is 12.3. The van der Waals surface area contributed by atoms with Crippen LogP contribution in [0.25, 0.3) is 92.2 Å². The molecule has 0 aliphatic heterocycles. The first-order valence-electron chi connectivity index (χ1n) is 14.0. The summed E-state index contributed by atoms with van der Waals surface area (Å²) in [6.07, 6.45) is 0. The highest BCUT2D eigenvalue weighted by Gasteiger charge is 2.26. The van der Waals surface area contributed by atoms with E-state index in [0.29, 0.717) is 0 Å². The zero-order chi connectivity index (χ0) is 27.5. The van der Waals surface area contributed by atoms with Gasteiger partial charge in [-0.05, 0) is 53.2 Å². The van der Waals surface area contributed by atoms with Crippen LogP contribution in [0.4, 0.5) is 5.95 Å². The lowest BCUT2D eigenvalue weighted by Gasteiger charge is -2.09. The Labute approximate surface area is 238 Å². The number of nitrogens with zero attached hydrogens (tertiary/aromatic N) is 5. The van der Waals surface area contributed by atoms with Gasteiger partial charge in [0.1, 0.15) is 5.52 Å². The minimum atomic E-state index is 0.145. The van der Waals surface area contributed by atoms with Gasteiger partial charge in [0.2, 0.25) is 5.82 Å². The number of hydrogen-bond acceptors (Lipinski definition) is 2. The van der Waals surface area contributed by atoms with Crippen molar-refractivity contribution in [3.63, 3.8) is 0 Å². The fraction of sp³-hybridized carbons (Fsp3) is 0. The zero-order valence-corrected chi connectivity index (χ0v) is 22.2. The standard InChI is InChI=1S/C37H19N5/c1-38-37-39-28-15-7-4-13-24(28)36(40-37)42-31-19-22-11-3-2-10-21(22)18-27(31)33-32(42)20-26-23-12-5-8-16-29(23)41-30-17-9-6-14-25(30)34(33)35(26)41/h2-20H. The number of benzene rings is 6. The molecule has 0 saturated carbocycles. The Morgan fingerprint density at radius 2 is 1.19 bits per heavy atom. The fourth-order valence-corrected chi connectivity index (χ4v) is 7.19. The van der Waals surface area contributed by atoms with Crippen molar-refractivity contribution in [3.8, 4) is 5.82 Å². The molecule has 0 spiro atoms. The van der Waals surface area contributed by atoms with Gasteiger partial charge in [0.15, 0.2) is 0 Å². The maximum Gasteiger partial charge on any atom is 0.374 e. The molecule has 0 atom stereocenters. The van der Waals surface area contributed by atoms with E-state index in [2.05, 4.69) is 116 Å². The predicted molar refractivity (Wildman–Crippen MR) is 172 cm³/mol. The molecule has 0 radical (unpaired) electrons. The first kappa shape index (κ1) is 21.8. The van der Waals surface area contributed by atoms with Crippen molar-refractivity contribution in [1.82, 2.24) is 18.9 Å². The van der Waals surface area contributed by atoms with E-state index >= 15 is 0 Å². The number of hydrogen-bond donors (Lipinski definition) is 0. The molecule has 0 unspecified atom stereocenters. The predicted octanol–water partition coefficient (Wildman–Crippen LogP) is 9.58. The fourth-order valence-electron chi connectivity index (χ4n) is 7.19. The average molecular weight is 534 g/mol. The van der Waals surface area contributed by atoms with E-state index in [1.807, 2.05) is 18.2 Å². The summed E-state index contributed by atoms with van der Waals surface area (Å²) in [5.74, 6) is 0.871. The molecule has 5 heteroatoms. The number of aromatic nitrogens is 4. The van der Waals surface area contributed by atoms with Gasteiger partial charge in [-0.25, -0.2) is 0 Å². The van der Waals surface area contributed by atoms with Crippen LogP contribution < -0.4 is 0 Å². The molecule has 42 heavy (non-hydrogen) atoms. The quantitative estimate of drug-likeness (QED) is 0.197. The highest BCUT2D eigenvalue weighted by Crippen LogP contribution is 2.47. The molecule has 4 aromatic heterocycles. The van der Waals surface area contributed by atoms with E-state index in [9.17, 15) is 0 Å². The maximum absolute atomic E-state index is 7.79. The Morgan fingerprint density at radius 1 is 0.524 bits per heavy atom. The molecule has 4 heterocycles. The molecular weight excluding hydrogens is 514 g/mol. The summed E-state index contributed by atoms with van der Waals surface area (Å²) >= 11 is 0. The van der Waals surface area contributed by atoms with Crippen LogP contribution >= 0.6 is 0 Å². The Morgan fingerprint density at radius 3 is 2.00 bits per heavy atom. The summed E-state index contributed by atoms with van der Waals surface area (Å²) in [6.45, 7) is 7.79. The third-order valence-electron chi connectivity index (χ3n) is 8.85. The van der Waals surface area contributed by atoms with Gasteiger partial charge in [0.25, 0.3) is 0 Å². The summed E-state index contributed by atoms with van der Waals surface area (Å²) < 4.78 is 4.69. The van der Waals surface area contributed by atoms with Crippen molar-refractivity contribution in [3.05, 3.63) is 127 Å². The molecule has 0 aliphatic rings. The van der Waals surface area contributed by atoms with Crippen LogP contribution in [-0.4, -0.2) is 18.9 Å². The second-order valence-corrected chi connectivity index (χ2v) is 10.9. The van der Waals surface area contributed by atoms with Gasteiger partial charge in [-0.2, -0.15) is 0 Å². The summed E-state index contributed by atoms with van der Waals surface area (Å²) in [5.41, 5.74) is 6.55. The summed E-state index contributed by atoms with van der Waals surface area (Å²) in [7, 11) is 0. The first-order chi connectivity index (χ1) is 20.8. The second-order valence-electron chi connectivity index (χ2n) is 10.9. The highest BCUT2D eigenvalue weighted by molar-refractivity contribution is 6.36. The number of rotatable bonds is 1. The van der Waals surface area contributed by atoms with Gasteiger partial charge >= 0.3 is 5.95 Å². The molecule has 6 aromatic carbocycles. The zero-order valence-electron chi connectivity index (χ0n) is 22.2.